The second-order valence-corrected chi connectivity index (χ2v) is 6.04. The SMILES string of the molecule is CC(N)CCNS(=O)(=O)c1cccs1.Cl. The average Bonchev–Trinajstić information content (AvgIpc) is 2.54. The second kappa shape index (κ2) is 6.44. The first-order chi connectivity index (χ1) is 6.52. The highest BCUT2D eigenvalue weighted by Gasteiger charge is 2.13. The highest BCUT2D eigenvalue weighted by atomic mass is 35.5. The van der Waals surface area contributed by atoms with Crippen molar-refractivity contribution in [2.24, 2.45) is 5.73 Å². The Bertz CT molecular complexity index is 362. The molecular weight excluding hydrogens is 256 g/mol. The maximum Gasteiger partial charge on any atom is 0.250 e. The predicted octanol–water partition coefficient (Wildman–Crippen LogP) is 1.19. The molecule has 1 aromatic rings. The number of thiophene rings is 1. The van der Waals surface area contributed by atoms with E-state index in [0.717, 1.165) is 0 Å². The van der Waals surface area contributed by atoms with Crippen molar-refractivity contribution >= 4 is 33.8 Å². The third-order valence-electron chi connectivity index (χ3n) is 1.65. The summed E-state index contributed by atoms with van der Waals surface area (Å²) in [5.74, 6) is 0. The molecule has 0 aromatic carbocycles. The molecule has 15 heavy (non-hydrogen) atoms. The van der Waals surface area contributed by atoms with Crippen molar-refractivity contribution in [2.45, 2.75) is 23.6 Å². The van der Waals surface area contributed by atoms with Crippen LogP contribution in [0.3, 0.4) is 0 Å². The Labute approximate surface area is 100 Å². The van der Waals surface area contributed by atoms with Crippen LogP contribution in [0.2, 0.25) is 0 Å². The quantitative estimate of drug-likeness (QED) is 0.844. The van der Waals surface area contributed by atoms with Gasteiger partial charge in [-0.15, -0.1) is 23.7 Å². The summed E-state index contributed by atoms with van der Waals surface area (Å²) in [6, 6.07) is 3.31. The minimum atomic E-state index is -3.30. The van der Waals surface area contributed by atoms with Gasteiger partial charge in [-0.25, -0.2) is 13.1 Å². The largest absolute Gasteiger partial charge is 0.328 e. The maximum atomic E-state index is 11.5. The fourth-order valence-corrected chi connectivity index (χ4v) is 2.99. The van der Waals surface area contributed by atoms with Gasteiger partial charge in [0, 0.05) is 12.6 Å². The van der Waals surface area contributed by atoms with E-state index in [4.69, 9.17) is 5.73 Å². The third-order valence-corrected chi connectivity index (χ3v) is 4.51. The van der Waals surface area contributed by atoms with Gasteiger partial charge in [0.2, 0.25) is 10.0 Å². The van der Waals surface area contributed by atoms with E-state index < -0.39 is 10.0 Å². The first-order valence-corrected chi connectivity index (χ1v) is 6.67. The van der Waals surface area contributed by atoms with Crippen molar-refractivity contribution in [2.75, 3.05) is 6.54 Å². The molecule has 1 unspecified atom stereocenters. The van der Waals surface area contributed by atoms with Crippen molar-refractivity contribution in [3.05, 3.63) is 17.5 Å². The number of rotatable bonds is 5. The van der Waals surface area contributed by atoms with E-state index >= 15 is 0 Å². The van der Waals surface area contributed by atoms with Gasteiger partial charge in [0.1, 0.15) is 4.21 Å². The minimum Gasteiger partial charge on any atom is -0.328 e. The summed E-state index contributed by atoms with van der Waals surface area (Å²) < 4.78 is 25.9. The van der Waals surface area contributed by atoms with E-state index in [1.54, 1.807) is 17.5 Å². The van der Waals surface area contributed by atoms with E-state index in [1.165, 1.54) is 11.3 Å². The van der Waals surface area contributed by atoms with Crippen LogP contribution < -0.4 is 10.5 Å². The van der Waals surface area contributed by atoms with Gasteiger partial charge >= 0.3 is 0 Å². The topological polar surface area (TPSA) is 72.2 Å². The molecule has 0 fully saturated rings. The fraction of sp³-hybridized carbons (Fsp3) is 0.500. The Balaban J connectivity index is 0.00000196. The van der Waals surface area contributed by atoms with E-state index in [0.29, 0.717) is 17.2 Å². The smallest absolute Gasteiger partial charge is 0.250 e. The lowest BCUT2D eigenvalue weighted by molar-refractivity contribution is 0.574. The van der Waals surface area contributed by atoms with Crippen LogP contribution in [0.15, 0.2) is 21.7 Å². The lowest BCUT2D eigenvalue weighted by Gasteiger charge is -2.06. The van der Waals surface area contributed by atoms with Crippen LogP contribution in [0.5, 0.6) is 0 Å². The zero-order chi connectivity index (χ0) is 10.6. The Morgan fingerprint density at radius 3 is 2.73 bits per heavy atom. The van der Waals surface area contributed by atoms with Crippen LogP contribution in [0.4, 0.5) is 0 Å². The second-order valence-electron chi connectivity index (χ2n) is 3.10. The molecule has 7 heteroatoms. The van der Waals surface area contributed by atoms with Gasteiger partial charge in [0.25, 0.3) is 0 Å². The Morgan fingerprint density at radius 1 is 1.60 bits per heavy atom. The molecule has 0 saturated heterocycles. The minimum absolute atomic E-state index is 0. The van der Waals surface area contributed by atoms with Crippen LogP contribution in [0.1, 0.15) is 13.3 Å². The Kier molecular flexibility index (Phi) is 6.38. The zero-order valence-electron chi connectivity index (χ0n) is 8.34. The van der Waals surface area contributed by atoms with Gasteiger partial charge in [-0.05, 0) is 24.8 Å². The fourth-order valence-electron chi connectivity index (χ4n) is 0.908. The van der Waals surface area contributed by atoms with Crippen LogP contribution in [0, 0.1) is 0 Å². The number of hydrogen-bond donors (Lipinski definition) is 2. The molecule has 0 spiro atoms. The molecule has 4 nitrogen and oxygen atoms in total. The molecule has 0 aliphatic carbocycles. The molecule has 1 heterocycles. The van der Waals surface area contributed by atoms with Crippen LogP contribution in [-0.2, 0) is 10.0 Å². The van der Waals surface area contributed by atoms with Gasteiger partial charge in [0.15, 0.2) is 0 Å². The lowest BCUT2D eigenvalue weighted by Crippen LogP contribution is -2.28. The van der Waals surface area contributed by atoms with E-state index in [-0.39, 0.29) is 18.4 Å². The molecule has 0 amide bonds. The zero-order valence-corrected chi connectivity index (χ0v) is 10.8. The highest BCUT2D eigenvalue weighted by molar-refractivity contribution is 7.91. The number of sulfonamides is 1. The first kappa shape index (κ1) is 14.9. The van der Waals surface area contributed by atoms with Crippen molar-refractivity contribution < 1.29 is 8.42 Å². The molecule has 3 N–H and O–H groups in total. The van der Waals surface area contributed by atoms with Gasteiger partial charge < -0.3 is 5.73 Å². The molecule has 1 aromatic heterocycles. The number of hydrogen-bond acceptors (Lipinski definition) is 4. The summed E-state index contributed by atoms with van der Waals surface area (Å²) in [4.78, 5) is 0. The number of halogens is 1. The molecule has 88 valence electrons. The summed E-state index contributed by atoms with van der Waals surface area (Å²) in [5, 5.41) is 1.74. The molecule has 0 aliphatic rings. The number of nitrogens with one attached hydrogen (secondary N) is 1. The maximum absolute atomic E-state index is 11.5. The summed E-state index contributed by atoms with van der Waals surface area (Å²) in [7, 11) is -3.30. The summed E-state index contributed by atoms with van der Waals surface area (Å²) in [6.07, 6.45) is 0.643. The van der Waals surface area contributed by atoms with Crippen molar-refractivity contribution in [3.63, 3.8) is 0 Å². The van der Waals surface area contributed by atoms with E-state index in [1.807, 2.05) is 6.92 Å². The van der Waals surface area contributed by atoms with Gasteiger partial charge in [-0.2, -0.15) is 0 Å². The lowest BCUT2D eigenvalue weighted by atomic mass is 10.3. The molecule has 0 radical (unpaired) electrons. The molecule has 0 saturated carbocycles. The van der Waals surface area contributed by atoms with Gasteiger partial charge in [-0.1, -0.05) is 6.07 Å². The molecular formula is C8H15ClN2O2S2. The average molecular weight is 271 g/mol. The van der Waals surface area contributed by atoms with Crippen LogP contribution >= 0.6 is 23.7 Å². The van der Waals surface area contributed by atoms with Crippen molar-refractivity contribution in [1.29, 1.82) is 0 Å². The monoisotopic (exact) mass is 270 g/mol. The Hall–Kier alpha value is -0.140. The van der Waals surface area contributed by atoms with Crippen LogP contribution in [0.25, 0.3) is 0 Å². The van der Waals surface area contributed by atoms with E-state index in [9.17, 15) is 8.42 Å². The van der Waals surface area contributed by atoms with Gasteiger partial charge in [-0.3, -0.25) is 0 Å². The summed E-state index contributed by atoms with van der Waals surface area (Å²) in [6.45, 7) is 2.23. The van der Waals surface area contributed by atoms with Crippen molar-refractivity contribution in [1.82, 2.24) is 4.72 Å². The standard InChI is InChI=1S/C8H14N2O2S2.ClH/c1-7(9)4-5-10-14(11,12)8-3-2-6-13-8;/h2-3,6-7,10H,4-5,9H2,1H3;1H. The molecule has 1 rings (SSSR count). The summed E-state index contributed by atoms with van der Waals surface area (Å²) >= 11 is 1.21. The molecule has 0 aliphatic heterocycles. The number of nitrogens with two attached hydrogens (primary N) is 1. The van der Waals surface area contributed by atoms with Crippen LogP contribution in [-0.4, -0.2) is 21.0 Å². The third kappa shape index (κ3) is 4.94. The Morgan fingerprint density at radius 2 is 2.27 bits per heavy atom. The molecule has 0 bridgehead atoms. The van der Waals surface area contributed by atoms with Crippen molar-refractivity contribution in [3.8, 4) is 0 Å². The predicted molar refractivity (Wildman–Crippen MR) is 65.0 cm³/mol. The van der Waals surface area contributed by atoms with E-state index in [2.05, 4.69) is 4.72 Å². The van der Waals surface area contributed by atoms with Gasteiger partial charge in [0.05, 0.1) is 0 Å². The molecule has 1 atom stereocenters. The summed E-state index contributed by atoms with van der Waals surface area (Å²) in [5.41, 5.74) is 5.51. The normalized spacial score (nSPS) is 13.2. The highest BCUT2D eigenvalue weighted by Crippen LogP contribution is 2.14. The first-order valence-electron chi connectivity index (χ1n) is 4.31.